The number of likely N-dealkylation sites (N-methyl/N-ethyl adjacent to an activating group) is 1. The van der Waals surface area contributed by atoms with Gasteiger partial charge in [0.25, 0.3) is 0 Å². The average molecular weight is 763 g/mol. The van der Waals surface area contributed by atoms with Crippen LogP contribution in [0.4, 0.5) is 9.18 Å². The number of rotatable bonds is 12. The maximum absolute atomic E-state index is 15.3. The predicted molar refractivity (Wildman–Crippen MR) is 206 cm³/mol. The molecule has 3 aromatic rings. The number of carbonyl (C=O) groups excluding carboxylic acids is 4. The number of benzene rings is 3. The minimum atomic E-state index is -1.13. The Labute approximate surface area is 321 Å². The van der Waals surface area contributed by atoms with Crippen LogP contribution in [0, 0.1) is 5.82 Å². The Kier molecular flexibility index (Phi) is 13.2. The summed E-state index contributed by atoms with van der Waals surface area (Å²) in [7, 11) is 1.45. The number of carbonyl (C=O) groups is 5. The summed E-state index contributed by atoms with van der Waals surface area (Å²) in [6.07, 6.45) is 1.29. The van der Waals surface area contributed by atoms with E-state index in [1.54, 1.807) is 65.0 Å². The molecule has 3 aromatic carbocycles. The number of hydrogen-bond donors (Lipinski definition) is 2. The Morgan fingerprint density at radius 2 is 1.54 bits per heavy atom. The lowest BCUT2D eigenvalue weighted by atomic mass is 9.90. The van der Waals surface area contributed by atoms with Crippen molar-refractivity contribution in [2.24, 2.45) is 0 Å². The lowest BCUT2D eigenvalue weighted by Crippen LogP contribution is -2.63. The fourth-order valence-corrected chi connectivity index (χ4v) is 6.65. The molecular formula is C41H51FN4O7S. The SMILES string of the molecule is CSC(C)(C)C(NC(=O)C(C)N(C)C(=O)OC(C)(C)C)C(=O)N1Cc2ccccc2CC1C(=O)N(Cc1ccc(C(=O)O)cc1)[C@H](C)c1ccccc1F. The summed E-state index contributed by atoms with van der Waals surface area (Å²) in [5.41, 5.74) is 1.91. The molecule has 1 aliphatic heterocycles. The normalized spacial score (nSPS) is 16.0. The summed E-state index contributed by atoms with van der Waals surface area (Å²) < 4.78 is 19.9. The monoisotopic (exact) mass is 762 g/mol. The molecule has 0 aliphatic carbocycles. The molecule has 4 atom stereocenters. The standard InChI is InChI=1S/C41H51FN4O7S/c1-25(31-16-12-13-17-32(31)42)45(23-27-18-20-28(21-19-27)38(50)51)36(48)33-22-29-14-10-11-15-30(29)24-46(33)37(49)34(41(6,7)54-9)43-35(47)26(2)44(8)39(52)53-40(3,4)5/h10-21,25-26,33-34H,22-24H2,1-9H3,(H,43,47)(H,50,51)/t25-,26?,33?,34?/m1/s1. The second kappa shape index (κ2) is 17.0. The molecule has 54 heavy (non-hydrogen) atoms. The maximum atomic E-state index is 15.3. The van der Waals surface area contributed by atoms with Gasteiger partial charge in [-0.25, -0.2) is 14.0 Å². The van der Waals surface area contributed by atoms with Crippen LogP contribution < -0.4 is 5.32 Å². The van der Waals surface area contributed by atoms with Gasteiger partial charge in [0, 0.05) is 36.9 Å². The molecule has 1 aliphatic rings. The number of ether oxygens (including phenoxy) is 1. The van der Waals surface area contributed by atoms with Gasteiger partial charge in [0.05, 0.1) is 11.6 Å². The Balaban J connectivity index is 1.76. The molecule has 1 heterocycles. The van der Waals surface area contributed by atoms with Crippen LogP contribution in [0.3, 0.4) is 0 Å². The number of aromatic carboxylic acids is 1. The van der Waals surface area contributed by atoms with Crippen LogP contribution in [-0.4, -0.2) is 91.4 Å². The van der Waals surface area contributed by atoms with Crippen molar-refractivity contribution in [1.29, 1.82) is 0 Å². The number of carboxylic acids is 1. The topological polar surface area (TPSA) is 137 Å². The highest BCUT2D eigenvalue weighted by Crippen LogP contribution is 2.33. The van der Waals surface area contributed by atoms with Crippen LogP contribution in [0.25, 0.3) is 0 Å². The van der Waals surface area contributed by atoms with Gasteiger partial charge < -0.3 is 25.0 Å². The zero-order valence-electron chi connectivity index (χ0n) is 32.4. The van der Waals surface area contributed by atoms with Gasteiger partial charge in [-0.3, -0.25) is 19.3 Å². The first-order chi connectivity index (χ1) is 25.2. The molecule has 2 N–H and O–H groups in total. The minimum Gasteiger partial charge on any atom is -0.478 e. The molecule has 0 bridgehead atoms. The van der Waals surface area contributed by atoms with Gasteiger partial charge in [-0.2, -0.15) is 11.8 Å². The average Bonchev–Trinajstić information content (AvgIpc) is 3.13. The van der Waals surface area contributed by atoms with Crippen LogP contribution in [0.2, 0.25) is 0 Å². The van der Waals surface area contributed by atoms with Crippen molar-refractivity contribution in [3.63, 3.8) is 0 Å². The second-order valence-corrected chi connectivity index (χ2v) is 16.6. The number of nitrogens with one attached hydrogen (secondary N) is 1. The molecular weight excluding hydrogens is 712 g/mol. The number of thioether (sulfide) groups is 1. The van der Waals surface area contributed by atoms with Crippen molar-refractivity contribution >= 4 is 41.5 Å². The second-order valence-electron chi connectivity index (χ2n) is 15.1. The van der Waals surface area contributed by atoms with E-state index in [9.17, 15) is 24.3 Å². The summed E-state index contributed by atoms with van der Waals surface area (Å²) in [5, 5.41) is 12.4. The largest absolute Gasteiger partial charge is 0.478 e. The number of nitrogens with zero attached hydrogens (tertiary/aromatic N) is 3. The Bertz CT molecular complexity index is 1860. The highest BCUT2D eigenvalue weighted by Gasteiger charge is 2.45. The molecule has 13 heteroatoms. The smallest absolute Gasteiger partial charge is 0.410 e. The number of carboxylic acid groups (broad SMARTS) is 1. The van der Waals surface area contributed by atoms with E-state index in [1.807, 2.05) is 44.4 Å². The third-order valence-electron chi connectivity index (χ3n) is 9.87. The van der Waals surface area contributed by atoms with Gasteiger partial charge in [-0.05, 0) is 89.6 Å². The van der Waals surface area contributed by atoms with E-state index in [2.05, 4.69) is 5.32 Å². The van der Waals surface area contributed by atoms with Gasteiger partial charge in [-0.1, -0.05) is 54.6 Å². The van der Waals surface area contributed by atoms with Gasteiger partial charge >= 0.3 is 12.1 Å². The number of halogens is 1. The van der Waals surface area contributed by atoms with Gasteiger partial charge in [0.15, 0.2) is 0 Å². The molecule has 290 valence electrons. The van der Waals surface area contributed by atoms with Crippen molar-refractivity contribution in [2.45, 2.75) is 102 Å². The predicted octanol–water partition coefficient (Wildman–Crippen LogP) is 6.45. The Morgan fingerprint density at radius 1 is 0.944 bits per heavy atom. The first-order valence-electron chi connectivity index (χ1n) is 17.8. The van der Waals surface area contributed by atoms with Crippen molar-refractivity contribution in [1.82, 2.24) is 20.0 Å². The fraction of sp³-hybridized carbons (Fsp3) is 0.439. The lowest BCUT2D eigenvalue weighted by Gasteiger charge is -2.44. The highest BCUT2D eigenvalue weighted by molar-refractivity contribution is 8.00. The molecule has 0 saturated heterocycles. The van der Waals surface area contributed by atoms with Crippen molar-refractivity contribution in [3.8, 4) is 0 Å². The minimum absolute atomic E-state index is 0.000600. The van der Waals surface area contributed by atoms with Crippen LogP contribution >= 0.6 is 11.8 Å². The molecule has 0 spiro atoms. The third kappa shape index (κ3) is 9.79. The van der Waals surface area contributed by atoms with E-state index >= 15 is 9.18 Å². The van der Waals surface area contributed by atoms with Gasteiger partial charge in [-0.15, -0.1) is 0 Å². The molecule has 4 rings (SSSR count). The Morgan fingerprint density at radius 3 is 2.11 bits per heavy atom. The van der Waals surface area contributed by atoms with E-state index in [4.69, 9.17) is 4.74 Å². The molecule has 4 amide bonds. The van der Waals surface area contributed by atoms with Crippen LogP contribution in [0.5, 0.6) is 0 Å². The fourth-order valence-electron chi connectivity index (χ4n) is 6.25. The van der Waals surface area contributed by atoms with Crippen LogP contribution in [0.1, 0.15) is 87.1 Å². The summed E-state index contributed by atoms with van der Waals surface area (Å²) in [5.74, 6) is -3.11. The summed E-state index contributed by atoms with van der Waals surface area (Å²) in [4.78, 5) is 72.4. The first kappa shape index (κ1) is 41.8. The molecule has 11 nitrogen and oxygen atoms in total. The van der Waals surface area contributed by atoms with Gasteiger partial charge in [0.1, 0.15) is 29.5 Å². The van der Waals surface area contributed by atoms with Crippen LogP contribution in [-0.2, 0) is 38.6 Å². The molecule has 0 fully saturated rings. The van der Waals surface area contributed by atoms with Crippen molar-refractivity contribution < 1.29 is 38.2 Å². The quantitative estimate of drug-likeness (QED) is 0.215. The van der Waals surface area contributed by atoms with Crippen molar-refractivity contribution in [3.05, 3.63) is 106 Å². The van der Waals surface area contributed by atoms with E-state index in [0.717, 1.165) is 11.1 Å². The summed E-state index contributed by atoms with van der Waals surface area (Å²) >= 11 is 1.37. The summed E-state index contributed by atoms with van der Waals surface area (Å²) in [6.45, 7) is 12.2. The lowest BCUT2D eigenvalue weighted by molar-refractivity contribution is -0.151. The van der Waals surface area contributed by atoms with E-state index < -0.39 is 70.1 Å². The van der Waals surface area contributed by atoms with Crippen molar-refractivity contribution in [2.75, 3.05) is 13.3 Å². The Hall–Kier alpha value is -4.91. The molecule has 0 radical (unpaired) electrons. The zero-order valence-corrected chi connectivity index (χ0v) is 33.2. The van der Waals surface area contributed by atoms with E-state index in [1.165, 1.54) is 51.7 Å². The number of fused-ring (bicyclic) bond motifs is 1. The molecule has 3 unspecified atom stereocenters. The van der Waals surface area contributed by atoms with Gasteiger partial charge in [0.2, 0.25) is 17.7 Å². The summed E-state index contributed by atoms with van der Waals surface area (Å²) in [6, 6.07) is 15.9. The van der Waals surface area contributed by atoms with Crippen LogP contribution in [0.15, 0.2) is 72.8 Å². The molecule has 0 aromatic heterocycles. The molecule has 0 saturated carbocycles. The highest BCUT2D eigenvalue weighted by atomic mass is 32.2. The third-order valence-corrected chi connectivity index (χ3v) is 11.2. The number of amides is 4. The zero-order chi connectivity index (χ0) is 40.1. The van der Waals surface area contributed by atoms with E-state index in [0.29, 0.717) is 5.56 Å². The number of hydrogen-bond acceptors (Lipinski definition) is 7. The van der Waals surface area contributed by atoms with E-state index in [-0.39, 0.29) is 30.6 Å². The first-order valence-corrected chi connectivity index (χ1v) is 19.0. The maximum Gasteiger partial charge on any atom is 0.410 e.